The Hall–Kier alpha value is -0.530. The Morgan fingerprint density at radius 3 is 2.38 bits per heavy atom. The second-order valence-corrected chi connectivity index (χ2v) is 2.19. The highest BCUT2D eigenvalue weighted by Gasteiger charge is 2.24. The molecule has 0 N–H and O–H groups in total. The van der Waals surface area contributed by atoms with Crippen LogP contribution in [-0.4, -0.2) is 13.0 Å². The fraction of sp³-hybridized carbons (Fsp3) is 0.833. The lowest BCUT2D eigenvalue weighted by atomic mass is 9.85. The molecule has 45 valence electrons. The average Bonchev–Trinajstić information content (AvgIpc) is 1.62. The summed E-state index contributed by atoms with van der Waals surface area (Å²) in [7, 11) is 1.57. The minimum absolute atomic E-state index is 0.0938. The summed E-state index contributed by atoms with van der Waals surface area (Å²) in [5.74, 6) is 0.385. The van der Waals surface area contributed by atoms with Crippen molar-refractivity contribution in [3.8, 4) is 0 Å². The highest BCUT2D eigenvalue weighted by Crippen LogP contribution is 2.26. The molecular formula is C6H10NO. The first-order valence-corrected chi connectivity index (χ1v) is 2.98. The zero-order chi connectivity index (χ0) is 5.98. The van der Waals surface area contributed by atoms with Crippen LogP contribution in [0.5, 0.6) is 0 Å². The maximum Gasteiger partial charge on any atom is 0.243 e. The van der Waals surface area contributed by atoms with Gasteiger partial charge in [-0.2, -0.15) is 0 Å². The molecule has 0 heterocycles. The summed E-state index contributed by atoms with van der Waals surface area (Å²) < 4.78 is 0. The number of carbonyl (C=O) groups excluding carboxylic acids is 1. The van der Waals surface area contributed by atoms with Gasteiger partial charge in [-0.3, -0.25) is 10.1 Å². The number of rotatable bonds is 1. The molecule has 0 saturated heterocycles. The van der Waals surface area contributed by atoms with Gasteiger partial charge in [-0.05, 0) is 12.8 Å². The van der Waals surface area contributed by atoms with Crippen LogP contribution in [0, 0.1) is 5.92 Å². The van der Waals surface area contributed by atoms with Gasteiger partial charge in [0.2, 0.25) is 5.91 Å². The summed E-state index contributed by atoms with van der Waals surface area (Å²) in [5.41, 5.74) is 0. The molecular weight excluding hydrogens is 102 g/mol. The lowest BCUT2D eigenvalue weighted by Crippen LogP contribution is -2.27. The molecule has 0 atom stereocenters. The van der Waals surface area contributed by atoms with Gasteiger partial charge in [0.1, 0.15) is 0 Å². The zero-order valence-corrected chi connectivity index (χ0v) is 5.05. The molecule has 2 nitrogen and oxygen atoms in total. The second-order valence-electron chi connectivity index (χ2n) is 2.19. The Morgan fingerprint density at radius 1 is 1.62 bits per heavy atom. The van der Waals surface area contributed by atoms with E-state index >= 15 is 0 Å². The SMILES string of the molecule is C[N]C(=O)C1CCC1. The number of carbonyl (C=O) groups is 1. The fourth-order valence-electron chi connectivity index (χ4n) is 0.838. The zero-order valence-electron chi connectivity index (χ0n) is 5.05. The van der Waals surface area contributed by atoms with Crippen LogP contribution in [0.1, 0.15) is 19.3 Å². The van der Waals surface area contributed by atoms with E-state index in [1.54, 1.807) is 7.05 Å². The first-order valence-electron chi connectivity index (χ1n) is 2.98. The van der Waals surface area contributed by atoms with Crippen LogP contribution >= 0.6 is 0 Å². The van der Waals surface area contributed by atoms with Crippen molar-refractivity contribution in [1.29, 1.82) is 0 Å². The van der Waals surface area contributed by atoms with E-state index in [1.165, 1.54) is 6.42 Å². The average molecular weight is 112 g/mol. The van der Waals surface area contributed by atoms with Gasteiger partial charge in [0, 0.05) is 13.0 Å². The molecule has 0 bridgehead atoms. The van der Waals surface area contributed by atoms with Crippen LogP contribution in [0.2, 0.25) is 0 Å². The van der Waals surface area contributed by atoms with Gasteiger partial charge >= 0.3 is 0 Å². The van der Waals surface area contributed by atoms with E-state index in [9.17, 15) is 4.79 Å². The summed E-state index contributed by atoms with van der Waals surface area (Å²) in [6.07, 6.45) is 3.35. The lowest BCUT2D eigenvalue weighted by Gasteiger charge is -2.21. The topological polar surface area (TPSA) is 31.2 Å². The Morgan fingerprint density at radius 2 is 2.25 bits per heavy atom. The smallest absolute Gasteiger partial charge is 0.243 e. The van der Waals surface area contributed by atoms with E-state index in [0.717, 1.165) is 12.8 Å². The minimum Gasteiger partial charge on any atom is -0.273 e. The van der Waals surface area contributed by atoms with E-state index in [1.807, 2.05) is 0 Å². The number of hydrogen-bond donors (Lipinski definition) is 0. The van der Waals surface area contributed by atoms with Crippen LogP contribution in [0.4, 0.5) is 0 Å². The van der Waals surface area contributed by atoms with Crippen molar-refractivity contribution in [2.45, 2.75) is 19.3 Å². The normalized spacial score (nSPS) is 19.6. The van der Waals surface area contributed by atoms with Gasteiger partial charge in [-0.1, -0.05) is 6.42 Å². The Balaban J connectivity index is 2.24. The maximum atomic E-state index is 10.6. The van der Waals surface area contributed by atoms with Crippen molar-refractivity contribution in [2.24, 2.45) is 5.92 Å². The summed E-state index contributed by atoms with van der Waals surface area (Å²) in [4.78, 5) is 10.6. The summed E-state index contributed by atoms with van der Waals surface area (Å²) in [6.45, 7) is 0. The predicted octanol–water partition coefficient (Wildman–Crippen LogP) is 0.547. The van der Waals surface area contributed by atoms with E-state index < -0.39 is 0 Å². The van der Waals surface area contributed by atoms with Crippen molar-refractivity contribution < 1.29 is 4.79 Å². The predicted molar refractivity (Wildman–Crippen MR) is 30.4 cm³/mol. The monoisotopic (exact) mass is 112 g/mol. The lowest BCUT2D eigenvalue weighted by molar-refractivity contribution is -0.127. The van der Waals surface area contributed by atoms with Gasteiger partial charge in [0.05, 0.1) is 0 Å². The van der Waals surface area contributed by atoms with Crippen LogP contribution < -0.4 is 5.32 Å². The van der Waals surface area contributed by atoms with Gasteiger partial charge < -0.3 is 0 Å². The van der Waals surface area contributed by atoms with Gasteiger partial charge in [0.15, 0.2) is 0 Å². The summed E-state index contributed by atoms with van der Waals surface area (Å²) in [5, 5.41) is 3.57. The molecule has 1 amide bonds. The first-order chi connectivity index (χ1) is 3.84. The van der Waals surface area contributed by atoms with E-state index in [2.05, 4.69) is 5.32 Å². The van der Waals surface area contributed by atoms with Crippen LogP contribution in [0.3, 0.4) is 0 Å². The minimum atomic E-state index is 0.0938. The third kappa shape index (κ3) is 0.831. The molecule has 1 rings (SSSR count). The number of amides is 1. The number of nitrogens with zero attached hydrogens (tertiary/aromatic N) is 1. The van der Waals surface area contributed by atoms with Crippen molar-refractivity contribution in [3.63, 3.8) is 0 Å². The molecule has 2 heteroatoms. The largest absolute Gasteiger partial charge is 0.273 e. The molecule has 0 aromatic carbocycles. The highest BCUT2D eigenvalue weighted by molar-refractivity contribution is 5.78. The van der Waals surface area contributed by atoms with Crippen molar-refractivity contribution >= 4 is 5.91 Å². The van der Waals surface area contributed by atoms with Crippen LogP contribution in [0.15, 0.2) is 0 Å². The van der Waals surface area contributed by atoms with Gasteiger partial charge in [0.25, 0.3) is 0 Å². The van der Waals surface area contributed by atoms with Gasteiger partial charge in [-0.15, -0.1) is 0 Å². The molecule has 0 aliphatic heterocycles. The molecule has 1 radical (unpaired) electrons. The van der Waals surface area contributed by atoms with Crippen molar-refractivity contribution in [2.75, 3.05) is 7.05 Å². The molecule has 0 unspecified atom stereocenters. The Bertz CT molecular complexity index is 96.7. The molecule has 0 spiro atoms. The van der Waals surface area contributed by atoms with Crippen molar-refractivity contribution in [1.82, 2.24) is 5.32 Å². The molecule has 1 aliphatic rings. The van der Waals surface area contributed by atoms with E-state index in [0.29, 0.717) is 5.92 Å². The van der Waals surface area contributed by atoms with E-state index in [-0.39, 0.29) is 5.91 Å². The molecule has 8 heavy (non-hydrogen) atoms. The standard InChI is InChI=1S/C6H10NO/c1-7-6(8)5-3-2-4-5/h5H,2-4H2,1H3. The van der Waals surface area contributed by atoms with Crippen molar-refractivity contribution in [3.05, 3.63) is 0 Å². The molecule has 0 aromatic heterocycles. The molecule has 1 aliphatic carbocycles. The highest BCUT2D eigenvalue weighted by atomic mass is 16.1. The van der Waals surface area contributed by atoms with Crippen LogP contribution in [-0.2, 0) is 4.79 Å². The quantitative estimate of drug-likeness (QED) is 0.487. The fourth-order valence-corrected chi connectivity index (χ4v) is 0.838. The van der Waals surface area contributed by atoms with Gasteiger partial charge in [-0.25, -0.2) is 0 Å². The third-order valence-corrected chi connectivity index (χ3v) is 1.67. The molecule has 1 fully saturated rings. The first kappa shape index (κ1) is 5.60. The number of hydrogen-bond acceptors (Lipinski definition) is 1. The maximum absolute atomic E-state index is 10.6. The van der Waals surface area contributed by atoms with E-state index in [4.69, 9.17) is 0 Å². The van der Waals surface area contributed by atoms with Crippen LogP contribution in [0.25, 0.3) is 0 Å². The Kier molecular flexibility index (Phi) is 1.51. The molecule has 1 saturated carbocycles. The second kappa shape index (κ2) is 2.16. The summed E-state index contributed by atoms with van der Waals surface area (Å²) in [6, 6.07) is 0. The summed E-state index contributed by atoms with van der Waals surface area (Å²) >= 11 is 0. The Labute approximate surface area is 49.3 Å². The molecule has 0 aromatic rings. The third-order valence-electron chi connectivity index (χ3n) is 1.67.